The molecule has 0 radical (unpaired) electrons. The van der Waals surface area contributed by atoms with Crippen molar-refractivity contribution < 1.29 is 4.79 Å². The SMILES string of the molecule is O=C(NCc1ccccc1)c1nc2ccccc2n1-c1ccccc1. The van der Waals surface area contributed by atoms with Crippen LogP contribution in [0.4, 0.5) is 0 Å². The van der Waals surface area contributed by atoms with Gasteiger partial charge >= 0.3 is 0 Å². The van der Waals surface area contributed by atoms with Gasteiger partial charge in [0.15, 0.2) is 0 Å². The van der Waals surface area contributed by atoms with Gasteiger partial charge in [-0.3, -0.25) is 9.36 Å². The molecule has 1 N–H and O–H groups in total. The van der Waals surface area contributed by atoms with E-state index in [1.165, 1.54) is 0 Å². The molecule has 0 aliphatic heterocycles. The maximum absolute atomic E-state index is 12.8. The molecule has 4 nitrogen and oxygen atoms in total. The zero-order valence-electron chi connectivity index (χ0n) is 13.6. The highest BCUT2D eigenvalue weighted by Gasteiger charge is 2.18. The Labute approximate surface area is 145 Å². The summed E-state index contributed by atoms with van der Waals surface area (Å²) < 4.78 is 1.90. The van der Waals surface area contributed by atoms with Gasteiger partial charge in [-0.1, -0.05) is 60.7 Å². The summed E-state index contributed by atoms with van der Waals surface area (Å²) in [4.78, 5) is 17.3. The van der Waals surface area contributed by atoms with Crippen molar-refractivity contribution >= 4 is 16.9 Å². The van der Waals surface area contributed by atoms with Crippen LogP contribution >= 0.6 is 0 Å². The van der Waals surface area contributed by atoms with Gasteiger partial charge in [0.05, 0.1) is 11.0 Å². The summed E-state index contributed by atoms with van der Waals surface area (Å²) >= 11 is 0. The van der Waals surface area contributed by atoms with E-state index < -0.39 is 0 Å². The quantitative estimate of drug-likeness (QED) is 0.617. The predicted molar refractivity (Wildman–Crippen MR) is 98.7 cm³/mol. The first-order valence-corrected chi connectivity index (χ1v) is 8.18. The van der Waals surface area contributed by atoms with E-state index >= 15 is 0 Å². The molecule has 0 atom stereocenters. The average molecular weight is 327 g/mol. The number of benzene rings is 3. The fraction of sp³-hybridized carbons (Fsp3) is 0.0476. The summed E-state index contributed by atoms with van der Waals surface area (Å²) in [5.74, 6) is 0.201. The zero-order chi connectivity index (χ0) is 17.1. The van der Waals surface area contributed by atoms with E-state index in [1.54, 1.807) is 0 Å². The molecule has 4 aromatic rings. The number of para-hydroxylation sites is 3. The van der Waals surface area contributed by atoms with Crippen LogP contribution in [0.3, 0.4) is 0 Å². The molecule has 4 rings (SSSR count). The molecule has 0 spiro atoms. The van der Waals surface area contributed by atoms with Crippen molar-refractivity contribution in [1.29, 1.82) is 0 Å². The monoisotopic (exact) mass is 327 g/mol. The van der Waals surface area contributed by atoms with Gasteiger partial charge < -0.3 is 5.32 Å². The molecule has 0 fully saturated rings. The molecule has 1 heterocycles. The van der Waals surface area contributed by atoms with Crippen molar-refractivity contribution in [2.75, 3.05) is 0 Å². The van der Waals surface area contributed by atoms with Crippen molar-refractivity contribution in [3.05, 3.63) is 96.3 Å². The van der Waals surface area contributed by atoms with E-state index in [0.717, 1.165) is 22.3 Å². The molecule has 25 heavy (non-hydrogen) atoms. The van der Waals surface area contributed by atoms with E-state index in [0.29, 0.717) is 12.4 Å². The number of nitrogens with one attached hydrogen (secondary N) is 1. The van der Waals surface area contributed by atoms with Gasteiger partial charge in [0.1, 0.15) is 0 Å². The van der Waals surface area contributed by atoms with Gasteiger partial charge in [0.25, 0.3) is 5.91 Å². The highest BCUT2D eigenvalue weighted by atomic mass is 16.2. The number of hydrogen-bond donors (Lipinski definition) is 1. The number of nitrogens with zero attached hydrogens (tertiary/aromatic N) is 2. The van der Waals surface area contributed by atoms with E-state index in [1.807, 2.05) is 89.5 Å². The molecule has 0 aliphatic carbocycles. The number of hydrogen-bond acceptors (Lipinski definition) is 2. The minimum absolute atomic E-state index is 0.191. The van der Waals surface area contributed by atoms with Crippen LogP contribution in [-0.4, -0.2) is 15.5 Å². The first-order valence-electron chi connectivity index (χ1n) is 8.18. The molecular weight excluding hydrogens is 310 g/mol. The van der Waals surface area contributed by atoms with Crippen LogP contribution in [0.1, 0.15) is 16.2 Å². The van der Waals surface area contributed by atoms with Gasteiger partial charge in [-0.15, -0.1) is 0 Å². The number of carbonyl (C=O) groups is 1. The van der Waals surface area contributed by atoms with E-state index in [9.17, 15) is 4.79 Å². The molecule has 0 bridgehead atoms. The lowest BCUT2D eigenvalue weighted by molar-refractivity contribution is 0.0939. The largest absolute Gasteiger partial charge is 0.345 e. The number of aromatic nitrogens is 2. The van der Waals surface area contributed by atoms with Crippen molar-refractivity contribution in [3.8, 4) is 5.69 Å². The Balaban J connectivity index is 1.72. The Bertz CT molecular complexity index is 1010. The second-order valence-electron chi connectivity index (χ2n) is 5.76. The summed E-state index contributed by atoms with van der Waals surface area (Å²) in [7, 11) is 0. The van der Waals surface area contributed by atoms with E-state index in [4.69, 9.17) is 0 Å². The Kier molecular flexibility index (Phi) is 4.01. The summed E-state index contributed by atoms with van der Waals surface area (Å²) in [6, 6.07) is 27.4. The second-order valence-corrected chi connectivity index (χ2v) is 5.76. The van der Waals surface area contributed by atoms with Crippen LogP contribution in [-0.2, 0) is 6.54 Å². The number of rotatable bonds is 4. The lowest BCUT2D eigenvalue weighted by Gasteiger charge is -2.09. The third-order valence-corrected chi connectivity index (χ3v) is 4.07. The van der Waals surface area contributed by atoms with Crippen molar-refractivity contribution in [1.82, 2.24) is 14.9 Å². The normalized spacial score (nSPS) is 10.7. The van der Waals surface area contributed by atoms with Crippen LogP contribution in [0.15, 0.2) is 84.9 Å². The minimum Gasteiger partial charge on any atom is -0.345 e. The third kappa shape index (κ3) is 3.02. The first kappa shape index (κ1) is 15.1. The zero-order valence-corrected chi connectivity index (χ0v) is 13.6. The van der Waals surface area contributed by atoms with Crippen molar-refractivity contribution in [2.24, 2.45) is 0 Å². The molecule has 122 valence electrons. The summed E-state index contributed by atoms with van der Waals surface area (Å²) in [6.07, 6.45) is 0. The Hall–Kier alpha value is -3.40. The molecule has 0 saturated heterocycles. The number of imidazole rings is 1. The van der Waals surface area contributed by atoms with E-state index in [-0.39, 0.29) is 5.91 Å². The lowest BCUT2D eigenvalue weighted by Crippen LogP contribution is -2.26. The van der Waals surface area contributed by atoms with Crippen molar-refractivity contribution in [2.45, 2.75) is 6.54 Å². The molecule has 0 unspecified atom stereocenters. The number of fused-ring (bicyclic) bond motifs is 1. The summed E-state index contributed by atoms with van der Waals surface area (Å²) in [5, 5.41) is 2.96. The number of carbonyl (C=O) groups excluding carboxylic acids is 1. The predicted octanol–water partition coefficient (Wildman–Crippen LogP) is 3.96. The van der Waals surface area contributed by atoms with Gasteiger partial charge in [0.2, 0.25) is 5.82 Å². The summed E-state index contributed by atoms with van der Waals surface area (Å²) in [6.45, 7) is 0.470. The molecule has 0 saturated carbocycles. The van der Waals surface area contributed by atoms with Gasteiger partial charge in [-0.05, 0) is 29.8 Å². The standard InChI is InChI=1S/C21H17N3O/c25-21(22-15-16-9-3-1-4-10-16)20-23-18-13-7-8-14-19(18)24(20)17-11-5-2-6-12-17/h1-14H,15H2,(H,22,25). The smallest absolute Gasteiger partial charge is 0.287 e. The van der Waals surface area contributed by atoms with Crippen LogP contribution in [0.5, 0.6) is 0 Å². The molecule has 3 aromatic carbocycles. The van der Waals surface area contributed by atoms with Crippen LogP contribution in [0.2, 0.25) is 0 Å². The van der Waals surface area contributed by atoms with Gasteiger partial charge in [-0.2, -0.15) is 0 Å². The Morgan fingerprint density at radius 1 is 0.840 bits per heavy atom. The highest BCUT2D eigenvalue weighted by Crippen LogP contribution is 2.21. The molecule has 1 aromatic heterocycles. The van der Waals surface area contributed by atoms with Crippen LogP contribution in [0.25, 0.3) is 16.7 Å². The second kappa shape index (κ2) is 6.61. The summed E-state index contributed by atoms with van der Waals surface area (Å²) in [5.41, 5.74) is 3.69. The van der Waals surface area contributed by atoms with Gasteiger partial charge in [0, 0.05) is 12.2 Å². The van der Waals surface area contributed by atoms with Crippen LogP contribution in [0, 0.1) is 0 Å². The van der Waals surface area contributed by atoms with E-state index in [2.05, 4.69) is 10.3 Å². The molecular formula is C21H17N3O. The third-order valence-electron chi connectivity index (χ3n) is 4.07. The van der Waals surface area contributed by atoms with Gasteiger partial charge in [-0.25, -0.2) is 4.98 Å². The minimum atomic E-state index is -0.191. The molecule has 1 amide bonds. The maximum atomic E-state index is 12.8. The topological polar surface area (TPSA) is 46.9 Å². The Morgan fingerprint density at radius 2 is 1.48 bits per heavy atom. The molecule has 0 aliphatic rings. The molecule has 4 heteroatoms. The average Bonchev–Trinajstić information content (AvgIpc) is 3.07. The van der Waals surface area contributed by atoms with Crippen molar-refractivity contribution in [3.63, 3.8) is 0 Å². The number of amides is 1. The fourth-order valence-electron chi connectivity index (χ4n) is 2.87. The lowest BCUT2D eigenvalue weighted by atomic mass is 10.2. The fourth-order valence-corrected chi connectivity index (χ4v) is 2.87. The van der Waals surface area contributed by atoms with Crippen LogP contribution < -0.4 is 5.32 Å². The first-order chi connectivity index (χ1) is 12.3. The highest BCUT2D eigenvalue weighted by molar-refractivity contribution is 5.96. The Morgan fingerprint density at radius 3 is 2.24 bits per heavy atom. The maximum Gasteiger partial charge on any atom is 0.287 e.